The first kappa shape index (κ1) is 14.4. The third kappa shape index (κ3) is 2.54. The molecule has 0 radical (unpaired) electrons. The van der Waals surface area contributed by atoms with Crippen LogP contribution in [-0.2, 0) is 9.59 Å². The summed E-state index contributed by atoms with van der Waals surface area (Å²) in [4.78, 5) is 23.8. The fraction of sp³-hybridized carbons (Fsp3) is 0.333. The van der Waals surface area contributed by atoms with Gasteiger partial charge >= 0.3 is 0 Å². The number of benzene rings is 1. The van der Waals surface area contributed by atoms with Gasteiger partial charge in [0.2, 0.25) is 5.91 Å². The van der Waals surface area contributed by atoms with Crippen LogP contribution >= 0.6 is 23.2 Å². The van der Waals surface area contributed by atoms with Crippen molar-refractivity contribution in [3.63, 3.8) is 0 Å². The van der Waals surface area contributed by atoms with Gasteiger partial charge in [-0.25, -0.2) is 0 Å². The van der Waals surface area contributed by atoms with Crippen LogP contribution in [0.5, 0.6) is 0 Å². The van der Waals surface area contributed by atoms with E-state index in [1.54, 1.807) is 18.2 Å². The number of fused-ring (bicyclic) bond motifs is 2. The lowest BCUT2D eigenvalue weighted by molar-refractivity contribution is -0.313. The molecule has 0 aliphatic heterocycles. The van der Waals surface area contributed by atoms with E-state index >= 15 is 0 Å². The number of carboxylic acids is 1. The van der Waals surface area contributed by atoms with Gasteiger partial charge in [0.15, 0.2) is 0 Å². The van der Waals surface area contributed by atoms with Crippen LogP contribution < -0.4 is 10.4 Å². The predicted octanol–water partition coefficient (Wildman–Crippen LogP) is 2.12. The molecule has 6 heteroatoms. The Morgan fingerprint density at radius 3 is 2.48 bits per heavy atom. The zero-order chi connectivity index (χ0) is 15.1. The number of anilines is 1. The summed E-state index contributed by atoms with van der Waals surface area (Å²) in [6.45, 7) is 0. The van der Waals surface area contributed by atoms with E-state index in [4.69, 9.17) is 23.2 Å². The van der Waals surface area contributed by atoms with Crippen molar-refractivity contribution >= 4 is 40.8 Å². The third-order valence-electron chi connectivity index (χ3n) is 4.22. The van der Waals surface area contributed by atoms with Crippen molar-refractivity contribution in [1.29, 1.82) is 0 Å². The summed E-state index contributed by atoms with van der Waals surface area (Å²) < 4.78 is 0. The standard InChI is InChI=1S/C15H13Cl2NO3/c16-9-3-4-10(17)11(6-9)18-14(19)12-7-1-2-8(5-7)13(12)15(20)21/h1-4,6-8,12-13H,5H2,(H,18,19)(H,20,21)/p-1/t7-,8-,12+,13-/m0/s1. The molecule has 1 fully saturated rings. The second-order valence-corrected chi connectivity index (χ2v) is 6.28. The summed E-state index contributed by atoms with van der Waals surface area (Å²) in [6.07, 6.45) is 4.45. The van der Waals surface area contributed by atoms with Gasteiger partial charge in [0, 0.05) is 16.9 Å². The highest BCUT2D eigenvalue weighted by atomic mass is 35.5. The van der Waals surface area contributed by atoms with Gasteiger partial charge in [0.05, 0.1) is 16.6 Å². The Balaban J connectivity index is 1.83. The first-order valence-electron chi connectivity index (χ1n) is 6.62. The normalized spacial score (nSPS) is 29.6. The molecule has 110 valence electrons. The maximum Gasteiger partial charge on any atom is 0.228 e. The van der Waals surface area contributed by atoms with Crippen LogP contribution in [0.1, 0.15) is 6.42 Å². The molecule has 2 aliphatic carbocycles. The van der Waals surface area contributed by atoms with Crippen molar-refractivity contribution < 1.29 is 14.7 Å². The van der Waals surface area contributed by atoms with E-state index in [2.05, 4.69) is 5.32 Å². The SMILES string of the molecule is O=C([O-])[C@@H]1[C@H](C(=O)Nc2cc(Cl)ccc2Cl)[C@H]2C=C[C@H]1C2. The minimum absolute atomic E-state index is 0.0594. The molecule has 4 atom stereocenters. The molecule has 2 bridgehead atoms. The average molecular weight is 325 g/mol. The maximum absolute atomic E-state index is 12.4. The van der Waals surface area contributed by atoms with E-state index in [9.17, 15) is 14.7 Å². The van der Waals surface area contributed by atoms with Gasteiger partial charge in [-0.15, -0.1) is 0 Å². The van der Waals surface area contributed by atoms with Gasteiger partial charge < -0.3 is 15.2 Å². The number of rotatable bonds is 3. The molecular weight excluding hydrogens is 313 g/mol. The summed E-state index contributed by atoms with van der Waals surface area (Å²) in [5, 5.41) is 14.8. The Morgan fingerprint density at radius 2 is 1.81 bits per heavy atom. The third-order valence-corrected chi connectivity index (χ3v) is 4.79. The van der Waals surface area contributed by atoms with Gasteiger partial charge in [-0.2, -0.15) is 0 Å². The number of halogens is 2. The van der Waals surface area contributed by atoms with Crippen molar-refractivity contribution in [2.45, 2.75) is 6.42 Å². The molecule has 4 nitrogen and oxygen atoms in total. The quantitative estimate of drug-likeness (QED) is 0.866. The van der Waals surface area contributed by atoms with E-state index in [1.807, 2.05) is 12.2 Å². The molecule has 2 aliphatic rings. The zero-order valence-corrected chi connectivity index (χ0v) is 12.4. The summed E-state index contributed by atoms with van der Waals surface area (Å²) in [5.74, 6) is -3.12. The molecule has 1 amide bonds. The summed E-state index contributed by atoms with van der Waals surface area (Å²) in [7, 11) is 0. The van der Waals surface area contributed by atoms with Crippen LogP contribution in [0.2, 0.25) is 10.0 Å². The van der Waals surface area contributed by atoms with Crippen LogP contribution in [0.3, 0.4) is 0 Å². The molecule has 1 saturated carbocycles. The number of carbonyl (C=O) groups is 2. The van der Waals surface area contributed by atoms with Gasteiger partial charge in [0.1, 0.15) is 0 Å². The molecular formula is C15H12Cl2NO3-. The van der Waals surface area contributed by atoms with Crippen molar-refractivity contribution in [2.75, 3.05) is 5.32 Å². The summed E-state index contributed by atoms with van der Waals surface area (Å²) in [5.41, 5.74) is 0.387. The molecule has 3 rings (SSSR count). The van der Waals surface area contributed by atoms with Crippen molar-refractivity contribution in [1.82, 2.24) is 0 Å². The number of amides is 1. The number of hydrogen-bond donors (Lipinski definition) is 1. The summed E-state index contributed by atoms with van der Waals surface area (Å²) >= 11 is 11.9. The molecule has 21 heavy (non-hydrogen) atoms. The topological polar surface area (TPSA) is 69.2 Å². The number of carbonyl (C=O) groups excluding carboxylic acids is 2. The largest absolute Gasteiger partial charge is 0.550 e. The summed E-state index contributed by atoms with van der Waals surface area (Å²) in [6, 6.07) is 4.74. The molecule has 0 saturated heterocycles. The highest BCUT2D eigenvalue weighted by Crippen LogP contribution is 2.48. The Hall–Kier alpha value is -1.52. The van der Waals surface area contributed by atoms with Gasteiger partial charge in [-0.3, -0.25) is 4.79 Å². The van der Waals surface area contributed by atoms with Gasteiger partial charge in [0.25, 0.3) is 0 Å². The Morgan fingerprint density at radius 1 is 1.14 bits per heavy atom. The monoisotopic (exact) mass is 324 g/mol. The zero-order valence-electron chi connectivity index (χ0n) is 10.9. The highest BCUT2D eigenvalue weighted by Gasteiger charge is 2.48. The minimum Gasteiger partial charge on any atom is -0.550 e. The van der Waals surface area contributed by atoms with E-state index in [1.165, 1.54) is 0 Å². The molecule has 1 aromatic carbocycles. The number of hydrogen-bond acceptors (Lipinski definition) is 3. The van der Waals surface area contributed by atoms with Crippen LogP contribution in [0.4, 0.5) is 5.69 Å². The van der Waals surface area contributed by atoms with E-state index in [-0.39, 0.29) is 17.7 Å². The second kappa shape index (κ2) is 5.35. The number of nitrogens with one attached hydrogen (secondary N) is 1. The van der Waals surface area contributed by atoms with Crippen molar-refractivity contribution in [3.8, 4) is 0 Å². The first-order chi connectivity index (χ1) is 9.97. The van der Waals surface area contributed by atoms with Crippen molar-refractivity contribution in [2.24, 2.45) is 23.7 Å². The fourth-order valence-corrected chi connectivity index (χ4v) is 3.65. The Bertz CT molecular complexity index is 644. The fourth-order valence-electron chi connectivity index (χ4n) is 3.31. The van der Waals surface area contributed by atoms with Gasteiger partial charge in [-0.1, -0.05) is 35.4 Å². The molecule has 0 spiro atoms. The van der Waals surface area contributed by atoms with E-state index in [0.29, 0.717) is 22.2 Å². The number of carboxylic acid groups (broad SMARTS) is 1. The number of allylic oxidation sites excluding steroid dienone is 2. The molecule has 1 N–H and O–H groups in total. The maximum atomic E-state index is 12.4. The second-order valence-electron chi connectivity index (χ2n) is 5.43. The molecule has 1 aromatic rings. The lowest BCUT2D eigenvalue weighted by atomic mass is 9.82. The van der Waals surface area contributed by atoms with Crippen LogP contribution in [0, 0.1) is 23.7 Å². The predicted molar refractivity (Wildman–Crippen MR) is 77.8 cm³/mol. The first-order valence-corrected chi connectivity index (χ1v) is 7.38. The minimum atomic E-state index is -1.18. The van der Waals surface area contributed by atoms with E-state index in [0.717, 1.165) is 0 Å². The Labute approximate surface area is 131 Å². The lowest BCUT2D eigenvalue weighted by Crippen LogP contribution is -2.42. The van der Waals surface area contributed by atoms with Crippen molar-refractivity contribution in [3.05, 3.63) is 40.4 Å². The molecule has 0 aromatic heterocycles. The van der Waals surface area contributed by atoms with Crippen LogP contribution in [0.25, 0.3) is 0 Å². The molecule has 0 unspecified atom stereocenters. The smallest absolute Gasteiger partial charge is 0.228 e. The van der Waals surface area contributed by atoms with E-state index < -0.39 is 17.8 Å². The van der Waals surface area contributed by atoms with Gasteiger partial charge in [-0.05, 0) is 36.5 Å². The van der Waals surface area contributed by atoms with Crippen LogP contribution in [-0.4, -0.2) is 11.9 Å². The average Bonchev–Trinajstić information content (AvgIpc) is 3.03. The molecule has 0 heterocycles. The lowest BCUT2D eigenvalue weighted by Gasteiger charge is -2.28. The highest BCUT2D eigenvalue weighted by molar-refractivity contribution is 6.35. The Kier molecular flexibility index (Phi) is 3.68. The number of aliphatic carboxylic acids is 1. The van der Waals surface area contributed by atoms with Crippen LogP contribution in [0.15, 0.2) is 30.4 Å².